The molecule has 3 amide bonds. The minimum Gasteiger partial charge on any atom is -0.397 e. The molecule has 1 aliphatic heterocycles. The lowest BCUT2D eigenvalue weighted by atomic mass is 9.97. The number of hydrogen-bond donors (Lipinski definition) is 5. The topological polar surface area (TPSA) is 152 Å². The average molecular weight is 787 g/mol. The molecule has 0 spiro atoms. The standard InChI is InChI=1S/C46H50N4O6S/c1-31(52)49-37-23-25-39(26-24-37)57-30-38-27-43(34-17-15-32(29-51)16-18-34)56-46(55-38)35-21-19-33(20-22-35)40-10-6-5-9-36(40)28-48-44(53)13-3-2-4-14-45(54)50-42-12-8-7-11-41(42)47/h5-12,15-26,38,43,46,51H,2-4,13-14,27-30,47H2,1H3,(H,48,53)(H,49,52)(H,50,54)/t38-,43+,46+/m0/s1. The molecule has 5 aromatic carbocycles. The highest BCUT2D eigenvalue weighted by Gasteiger charge is 2.32. The molecule has 1 saturated heterocycles. The number of carbonyl (C=O) groups excluding carboxylic acids is 3. The molecule has 0 unspecified atom stereocenters. The summed E-state index contributed by atoms with van der Waals surface area (Å²) in [5.74, 6) is 0.497. The van der Waals surface area contributed by atoms with E-state index in [-0.39, 0.29) is 36.5 Å². The maximum absolute atomic E-state index is 12.8. The number of thioether (sulfide) groups is 1. The van der Waals surface area contributed by atoms with E-state index in [0.29, 0.717) is 55.8 Å². The van der Waals surface area contributed by atoms with E-state index < -0.39 is 6.29 Å². The molecule has 5 aromatic rings. The summed E-state index contributed by atoms with van der Waals surface area (Å²) in [4.78, 5) is 37.6. The molecular weight excluding hydrogens is 737 g/mol. The van der Waals surface area contributed by atoms with E-state index in [1.807, 2.05) is 91.0 Å². The second-order valence-corrected chi connectivity index (χ2v) is 15.2. The van der Waals surface area contributed by atoms with E-state index in [2.05, 4.69) is 34.1 Å². The predicted molar refractivity (Wildman–Crippen MR) is 226 cm³/mol. The summed E-state index contributed by atoms with van der Waals surface area (Å²) < 4.78 is 13.2. The van der Waals surface area contributed by atoms with Crippen LogP contribution in [0.25, 0.3) is 11.1 Å². The maximum atomic E-state index is 12.8. The van der Waals surface area contributed by atoms with Crippen molar-refractivity contribution in [2.45, 2.75) is 82.0 Å². The Kier molecular flexibility index (Phi) is 14.9. The number of anilines is 3. The van der Waals surface area contributed by atoms with Gasteiger partial charge in [-0.2, -0.15) is 0 Å². The second kappa shape index (κ2) is 20.6. The highest BCUT2D eigenvalue weighted by Crippen LogP contribution is 2.40. The lowest BCUT2D eigenvalue weighted by Crippen LogP contribution is -2.31. The first-order chi connectivity index (χ1) is 27.7. The molecule has 0 aliphatic carbocycles. The summed E-state index contributed by atoms with van der Waals surface area (Å²) >= 11 is 1.70. The molecule has 1 fully saturated rings. The van der Waals surface area contributed by atoms with E-state index >= 15 is 0 Å². The Hall–Kier alpha value is -5.46. The van der Waals surface area contributed by atoms with Crippen molar-refractivity contribution in [3.8, 4) is 11.1 Å². The monoisotopic (exact) mass is 786 g/mol. The van der Waals surface area contributed by atoms with Crippen LogP contribution in [0, 0.1) is 0 Å². The molecule has 3 atom stereocenters. The first-order valence-electron chi connectivity index (χ1n) is 19.3. The molecule has 1 aliphatic rings. The number of ether oxygens (including phenoxy) is 2. The van der Waals surface area contributed by atoms with Crippen LogP contribution < -0.4 is 21.7 Å². The Balaban J connectivity index is 1.03. The van der Waals surface area contributed by atoms with Crippen LogP contribution in [0.2, 0.25) is 0 Å². The molecular formula is C46H50N4O6S. The molecule has 57 heavy (non-hydrogen) atoms. The molecule has 6 rings (SSSR count). The van der Waals surface area contributed by atoms with Crippen LogP contribution in [0.3, 0.4) is 0 Å². The molecule has 1 heterocycles. The zero-order chi connectivity index (χ0) is 40.0. The van der Waals surface area contributed by atoms with Crippen molar-refractivity contribution in [1.82, 2.24) is 5.32 Å². The van der Waals surface area contributed by atoms with Gasteiger partial charge < -0.3 is 36.3 Å². The van der Waals surface area contributed by atoms with Gasteiger partial charge in [-0.3, -0.25) is 14.4 Å². The molecule has 11 heteroatoms. The van der Waals surface area contributed by atoms with Gasteiger partial charge in [-0.1, -0.05) is 91.3 Å². The van der Waals surface area contributed by atoms with Gasteiger partial charge in [0.25, 0.3) is 0 Å². The van der Waals surface area contributed by atoms with Crippen LogP contribution in [0.15, 0.2) is 126 Å². The van der Waals surface area contributed by atoms with Gasteiger partial charge >= 0.3 is 0 Å². The summed E-state index contributed by atoms with van der Waals surface area (Å²) in [7, 11) is 0. The Morgan fingerprint density at radius 1 is 0.754 bits per heavy atom. The highest BCUT2D eigenvalue weighted by molar-refractivity contribution is 7.99. The number of benzene rings is 5. The van der Waals surface area contributed by atoms with Crippen LogP contribution in [-0.2, 0) is 37.0 Å². The smallest absolute Gasteiger partial charge is 0.224 e. The Morgan fingerprint density at radius 3 is 2.16 bits per heavy atom. The number of aliphatic hydroxyl groups is 1. The molecule has 0 radical (unpaired) electrons. The quantitative estimate of drug-likeness (QED) is 0.0356. The second-order valence-electron chi connectivity index (χ2n) is 14.1. The largest absolute Gasteiger partial charge is 0.397 e. The number of aliphatic hydroxyl groups excluding tert-OH is 1. The van der Waals surface area contributed by atoms with E-state index in [1.54, 1.807) is 23.9 Å². The predicted octanol–water partition coefficient (Wildman–Crippen LogP) is 8.93. The fraction of sp³-hybridized carbons (Fsp3) is 0.283. The minimum absolute atomic E-state index is 0.0189. The molecule has 0 bridgehead atoms. The summed E-state index contributed by atoms with van der Waals surface area (Å²) in [5, 5.41) is 18.3. The highest BCUT2D eigenvalue weighted by atomic mass is 32.2. The lowest BCUT2D eigenvalue weighted by molar-refractivity contribution is -0.245. The van der Waals surface area contributed by atoms with Crippen LogP contribution in [0.5, 0.6) is 0 Å². The van der Waals surface area contributed by atoms with Gasteiger partial charge in [0.1, 0.15) is 0 Å². The Labute approximate surface area is 338 Å². The van der Waals surface area contributed by atoms with Gasteiger partial charge in [0.2, 0.25) is 17.7 Å². The number of carbonyl (C=O) groups is 3. The van der Waals surface area contributed by atoms with Crippen molar-refractivity contribution in [1.29, 1.82) is 0 Å². The van der Waals surface area contributed by atoms with Gasteiger partial charge in [0.05, 0.1) is 30.2 Å². The normalized spacial score (nSPS) is 16.4. The third-order valence-corrected chi connectivity index (χ3v) is 10.9. The van der Waals surface area contributed by atoms with Crippen molar-refractivity contribution < 1.29 is 29.0 Å². The van der Waals surface area contributed by atoms with Crippen molar-refractivity contribution in [3.05, 3.63) is 144 Å². The molecule has 0 saturated carbocycles. The summed E-state index contributed by atoms with van der Waals surface area (Å²) in [6, 6.07) is 39.1. The molecule has 296 valence electrons. The van der Waals surface area contributed by atoms with Crippen molar-refractivity contribution in [2.75, 3.05) is 22.1 Å². The third-order valence-electron chi connectivity index (χ3n) is 9.76. The number of unbranched alkanes of at least 4 members (excludes halogenated alkanes) is 2. The number of nitrogens with two attached hydrogens (primary N) is 1. The van der Waals surface area contributed by atoms with Crippen molar-refractivity contribution in [2.24, 2.45) is 0 Å². The van der Waals surface area contributed by atoms with E-state index in [1.165, 1.54) is 6.92 Å². The Bertz CT molecular complexity index is 2090. The van der Waals surface area contributed by atoms with Crippen molar-refractivity contribution in [3.63, 3.8) is 0 Å². The van der Waals surface area contributed by atoms with Crippen LogP contribution in [-0.4, -0.2) is 34.7 Å². The number of para-hydroxylation sites is 2. The lowest BCUT2D eigenvalue weighted by Gasteiger charge is -2.36. The van der Waals surface area contributed by atoms with Gasteiger partial charge in [0.15, 0.2) is 6.29 Å². The van der Waals surface area contributed by atoms with E-state index in [9.17, 15) is 19.5 Å². The first-order valence-corrected chi connectivity index (χ1v) is 20.3. The van der Waals surface area contributed by atoms with Crippen molar-refractivity contribution >= 4 is 46.5 Å². The maximum Gasteiger partial charge on any atom is 0.224 e. The Morgan fingerprint density at radius 2 is 1.44 bits per heavy atom. The number of amides is 3. The number of rotatable bonds is 17. The van der Waals surface area contributed by atoms with Crippen LogP contribution in [0.1, 0.15) is 80.1 Å². The van der Waals surface area contributed by atoms with E-state index in [4.69, 9.17) is 15.2 Å². The van der Waals surface area contributed by atoms with Gasteiger partial charge in [-0.05, 0) is 77.1 Å². The third kappa shape index (κ3) is 12.3. The molecule has 0 aromatic heterocycles. The fourth-order valence-electron chi connectivity index (χ4n) is 6.68. The van der Waals surface area contributed by atoms with Crippen LogP contribution >= 0.6 is 11.8 Å². The SMILES string of the molecule is CC(=O)Nc1ccc(SC[C@@H]2C[C@H](c3ccc(CO)cc3)O[C@H](c3ccc(-c4ccccc4CNC(=O)CCCCCC(=O)Nc4ccccc4N)cc3)O2)cc1. The number of nitrogen functional groups attached to an aromatic ring is 1. The van der Waals surface area contributed by atoms with Gasteiger partial charge in [-0.25, -0.2) is 0 Å². The van der Waals surface area contributed by atoms with Crippen LogP contribution in [0.4, 0.5) is 17.1 Å². The fourth-order valence-corrected chi connectivity index (χ4v) is 7.60. The number of nitrogens with one attached hydrogen (secondary N) is 3. The number of hydrogen-bond acceptors (Lipinski definition) is 8. The average Bonchev–Trinajstić information content (AvgIpc) is 3.23. The summed E-state index contributed by atoms with van der Waals surface area (Å²) in [5.41, 5.74) is 13.6. The van der Waals surface area contributed by atoms with Gasteiger partial charge in [-0.15, -0.1) is 11.8 Å². The zero-order valence-corrected chi connectivity index (χ0v) is 32.9. The molecule has 6 N–H and O–H groups in total. The minimum atomic E-state index is -0.588. The van der Waals surface area contributed by atoms with Gasteiger partial charge in [0, 0.05) is 54.6 Å². The summed E-state index contributed by atoms with van der Waals surface area (Å²) in [6.45, 7) is 1.88. The summed E-state index contributed by atoms with van der Waals surface area (Å²) in [6.07, 6.45) is 2.70. The zero-order valence-electron chi connectivity index (χ0n) is 32.1. The molecule has 10 nitrogen and oxygen atoms in total. The first kappa shape index (κ1) is 41.2. The van der Waals surface area contributed by atoms with E-state index in [0.717, 1.165) is 50.4 Å².